The smallest absolute Gasteiger partial charge is 0.168 e. The SMILES string of the molecule is CNC(=S)N(C)Cc1cccn1C. The lowest BCUT2D eigenvalue weighted by Gasteiger charge is -2.19. The van der Waals surface area contributed by atoms with Gasteiger partial charge in [-0.3, -0.25) is 0 Å². The van der Waals surface area contributed by atoms with Crippen molar-refractivity contribution in [3.8, 4) is 0 Å². The highest BCUT2D eigenvalue weighted by Gasteiger charge is 2.04. The van der Waals surface area contributed by atoms with Gasteiger partial charge in [-0.1, -0.05) is 0 Å². The molecule has 0 saturated carbocycles. The van der Waals surface area contributed by atoms with Gasteiger partial charge < -0.3 is 14.8 Å². The molecule has 0 spiro atoms. The Morgan fingerprint density at radius 2 is 2.38 bits per heavy atom. The van der Waals surface area contributed by atoms with Crippen LogP contribution in [0.1, 0.15) is 5.69 Å². The molecule has 1 rings (SSSR count). The monoisotopic (exact) mass is 197 g/mol. The van der Waals surface area contributed by atoms with Crippen molar-refractivity contribution in [1.82, 2.24) is 14.8 Å². The quantitative estimate of drug-likeness (QED) is 0.713. The molecular formula is C9H15N3S. The Bertz CT molecular complexity index is 293. The molecule has 0 aromatic carbocycles. The van der Waals surface area contributed by atoms with E-state index in [0.717, 1.165) is 11.7 Å². The van der Waals surface area contributed by atoms with Crippen molar-refractivity contribution in [1.29, 1.82) is 0 Å². The van der Waals surface area contributed by atoms with Crippen LogP contribution in [0.25, 0.3) is 0 Å². The van der Waals surface area contributed by atoms with E-state index in [1.54, 1.807) is 0 Å². The summed E-state index contributed by atoms with van der Waals surface area (Å²) in [6.45, 7) is 0.836. The number of nitrogens with one attached hydrogen (secondary N) is 1. The molecule has 72 valence electrons. The Balaban J connectivity index is 2.59. The summed E-state index contributed by atoms with van der Waals surface area (Å²) in [5, 5.41) is 3.71. The van der Waals surface area contributed by atoms with E-state index in [2.05, 4.69) is 16.0 Å². The summed E-state index contributed by atoms with van der Waals surface area (Å²) in [6, 6.07) is 4.13. The molecule has 0 aliphatic heterocycles. The maximum Gasteiger partial charge on any atom is 0.168 e. The summed E-state index contributed by atoms with van der Waals surface area (Å²) in [5.41, 5.74) is 1.25. The molecule has 0 aliphatic rings. The van der Waals surface area contributed by atoms with Gasteiger partial charge in [0.2, 0.25) is 0 Å². The normalized spacial score (nSPS) is 9.77. The lowest BCUT2D eigenvalue weighted by atomic mass is 10.4. The minimum absolute atomic E-state index is 0.765. The van der Waals surface area contributed by atoms with Crippen LogP contribution in [0.5, 0.6) is 0 Å². The van der Waals surface area contributed by atoms with Crippen LogP contribution in [-0.2, 0) is 13.6 Å². The molecule has 0 atom stereocenters. The van der Waals surface area contributed by atoms with Crippen molar-refractivity contribution in [3.05, 3.63) is 24.0 Å². The van der Waals surface area contributed by atoms with Gasteiger partial charge in [-0.25, -0.2) is 0 Å². The largest absolute Gasteiger partial charge is 0.366 e. The molecule has 1 N–H and O–H groups in total. The summed E-state index contributed by atoms with van der Waals surface area (Å²) >= 11 is 5.10. The highest BCUT2D eigenvalue weighted by molar-refractivity contribution is 7.80. The summed E-state index contributed by atoms with van der Waals surface area (Å²) in [6.07, 6.45) is 2.03. The predicted molar refractivity (Wildman–Crippen MR) is 58.5 cm³/mol. The van der Waals surface area contributed by atoms with E-state index >= 15 is 0 Å². The number of rotatable bonds is 2. The van der Waals surface area contributed by atoms with Crippen molar-refractivity contribution in [2.24, 2.45) is 7.05 Å². The van der Waals surface area contributed by atoms with Gasteiger partial charge in [0, 0.05) is 33.0 Å². The molecule has 1 heterocycles. The Hall–Kier alpha value is -1.03. The minimum Gasteiger partial charge on any atom is -0.366 e. The number of aromatic nitrogens is 1. The van der Waals surface area contributed by atoms with Crippen LogP contribution in [0.3, 0.4) is 0 Å². The molecule has 0 saturated heterocycles. The maximum absolute atomic E-state index is 5.10. The Labute approximate surface area is 84.3 Å². The first-order valence-corrected chi connectivity index (χ1v) is 4.59. The molecule has 0 bridgehead atoms. The molecule has 0 unspecified atom stereocenters. The molecule has 1 aromatic heterocycles. The van der Waals surface area contributed by atoms with Crippen molar-refractivity contribution in [2.75, 3.05) is 14.1 Å². The van der Waals surface area contributed by atoms with E-state index in [1.807, 2.05) is 38.3 Å². The van der Waals surface area contributed by atoms with Gasteiger partial charge in [0.05, 0.1) is 6.54 Å². The maximum atomic E-state index is 5.10. The summed E-state index contributed by atoms with van der Waals surface area (Å²) in [5.74, 6) is 0. The molecule has 1 aromatic rings. The van der Waals surface area contributed by atoms with E-state index in [0.29, 0.717) is 0 Å². The molecule has 13 heavy (non-hydrogen) atoms. The first kappa shape index (κ1) is 10.1. The van der Waals surface area contributed by atoms with Crippen LogP contribution in [0.4, 0.5) is 0 Å². The van der Waals surface area contributed by atoms with Crippen LogP contribution < -0.4 is 5.32 Å². The molecule has 0 aliphatic carbocycles. The van der Waals surface area contributed by atoms with E-state index in [1.165, 1.54) is 5.69 Å². The second-order valence-corrected chi connectivity index (χ2v) is 3.41. The first-order valence-electron chi connectivity index (χ1n) is 4.18. The Morgan fingerprint density at radius 3 is 2.85 bits per heavy atom. The average molecular weight is 197 g/mol. The predicted octanol–water partition coefficient (Wildman–Crippen LogP) is 0.961. The number of nitrogens with zero attached hydrogens (tertiary/aromatic N) is 2. The molecular weight excluding hydrogens is 182 g/mol. The fourth-order valence-electron chi connectivity index (χ4n) is 1.17. The van der Waals surface area contributed by atoms with Gasteiger partial charge in [0.1, 0.15) is 0 Å². The number of thiocarbonyl (C=S) groups is 1. The minimum atomic E-state index is 0.765. The van der Waals surface area contributed by atoms with Crippen LogP contribution in [0.2, 0.25) is 0 Å². The third-order valence-corrected chi connectivity index (χ3v) is 2.53. The van der Waals surface area contributed by atoms with Crippen molar-refractivity contribution in [2.45, 2.75) is 6.54 Å². The topological polar surface area (TPSA) is 20.2 Å². The molecule has 0 radical (unpaired) electrons. The molecule has 3 nitrogen and oxygen atoms in total. The Kier molecular flexibility index (Phi) is 3.31. The zero-order chi connectivity index (χ0) is 9.84. The Morgan fingerprint density at radius 1 is 1.69 bits per heavy atom. The number of hydrogen-bond donors (Lipinski definition) is 1. The van der Waals surface area contributed by atoms with E-state index < -0.39 is 0 Å². The van der Waals surface area contributed by atoms with Gasteiger partial charge in [0.15, 0.2) is 5.11 Å². The van der Waals surface area contributed by atoms with Crippen molar-refractivity contribution < 1.29 is 0 Å². The summed E-state index contributed by atoms with van der Waals surface area (Å²) in [4.78, 5) is 2.00. The number of aryl methyl sites for hydroxylation is 1. The van der Waals surface area contributed by atoms with E-state index in [9.17, 15) is 0 Å². The van der Waals surface area contributed by atoms with Gasteiger partial charge >= 0.3 is 0 Å². The highest BCUT2D eigenvalue weighted by Crippen LogP contribution is 2.03. The van der Waals surface area contributed by atoms with Crippen LogP contribution >= 0.6 is 12.2 Å². The zero-order valence-electron chi connectivity index (χ0n) is 8.24. The van der Waals surface area contributed by atoms with Gasteiger partial charge in [0.25, 0.3) is 0 Å². The fourth-order valence-corrected chi connectivity index (χ4v) is 1.23. The lowest BCUT2D eigenvalue weighted by Crippen LogP contribution is -2.34. The van der Waals surface area contributed by atoms with Crippen LogP contribution in [0.15, 0.2) is 18.3 Å². The fraction of sp³-hybridized carbons (Fsp3) is 0.444. The third-order valence-electron chi connectivity index (χ3n) is 2.01. The van der Waals surface area contributed by atoms with Crippen molar-refractivity contribution >= 4 is 17.3 Å². The summed E-state index contributed by atoms with van der Waals surface area (Å²) < 4.78 is 2.09. The molecule has 0 amide bonds. The van der Waals surface area contributed by atoms with Crippen LogP contribution in [-0.4, -0.2) is 28.7 Å². The first-order chi connectivity index (χ1) is 6.15. The lowest BCUT2D eigenvalue weighted by molar-refractivity contribution is 0.478. The van der Waals surface area contributed by atoms with Gasteiger partial charge in [-0.05, 0) is 24.4 Å². The third kappa shape index (κ3) is 2.45. The second-order valence-electron chi connectivity index (χ2n) is 3.02. The van der Waals surface area contributed by atoms with E-state index in [-0.39, 0.29) is 0 Å². The average Bonchev–Trinajstić information content (AvgIpc) is 2.50. The van der Waals surface area contributed by atoms with Gasteiger partial charge in [-0.2, -0.15) is 0 Å². The standard InChI is InChI=1S/C9H15N3S/c1-10-9(13)12(3)7-8-5-4-6-11(8)2/h4-6H,7H2,1-3H3,(H,10,13). The van der Waals surface area contributed by atoms with E-state index in [4.69, 9.17) is 12.2 Å². The van der Waals surface area contributed by atoms with Crippen molar-refractivity contribution in [3.63, 3.8) is 0 Å². The number of hydrogen-bond acceptors (Lipinski definition) is 1. The second kappa shape index (κ2) is 4.28. The molecule has 4 heteroatoms. The van der Waals surface area contributed by atoms with Crippen LogP contribution in [0, 0.1) is 0 Å². The molecule has 0 fully saturated rings. The zero-order valence-corrected chi connectivity index (χ0v) is 9.06. The van der Waals surface area contributed by atoms with Gasteiger partial charge in [-0.15, -0.1) is 0 Å². The highest BCUT2D eigenvalue weighted by atomic mass is 32.1. The summed E-state index contributed by atoms with van der Waals surface area (Å²) in [7, 11) is 5.85.